The summed E-state index contributed by atoms with van der Waals surface area (Å²) < 4.78 is 31.9. The molecule has 0 aliphatic carbocycles. The van der Waals surface area contributed by atoms with Crippen LogP contribution in [0.25, 0.3) is 57.4 Å². The number of hydrogen-bond donors (Lipinski definition) is 0. The van der Waals surface area contributed by atoms with Crippen molar-refractivity contribution in [2.75, 3.05) is 12.3 Å². The summed E-state index contributed by atoms with van der Waals surface area (Å²) in [5, 5.41) is 5.85. The number of para-hydroxylation sites is 2. The summed E-state index contributed by atoms with van der Waals surface area (Å²) in [6.07, 6.45) is 13.4. The van der Waals surface area contributed by atoms with E-state index in [0.717, 1.165) is 49.0 Å². The van der Waals surface area contributed by atoms with Crippen LogP contribution in [-0.4, -0.2) is 16.9 Å². The molecule has 0 atom stereocenters. The third-order valence-electron chi connectivity index (χ3n) is 11.3. The van der Waals surface area contributed by atoms with E-state index in [-0.39, 0.29) is 0 Å². The van der Waals surface area contributed by atoms with Gasteiger partial charge in [-0.15, -0.1) is 0 Å². The van der Waals surface area contributed by atoms with E-state index in [9.17, 15) is 9.13 Å². The second-order valence-electron chi connectivity index (χ2n) is 15.2. The molecule has 0 fully saturated rings. The Labute approximate surface area is 358 Å². The van der Waals surface area contributed by atoms with E-state index < -0.39 is 14.3 Å². The van der Waals surface area contributed by atoms with Gasteiger partial charge in [0, 0.05) is 50.5 Å². The number of benzene rings is 8. The van der Waals surface area contributed by atoms with Crippen LogP contribution in [0, 0.1) is 0 Å². The Balaban J connectivity index is 1.05. The highest BCUT2D eigenvalue weighted by atomic mass is 31.2. The minimum Gasteiger partial charge on any atom is -0.316 e. The van der Waals surface area contributed by atoms with Crippen LogP contribution in [0.5, 0.6) is 0 Å². The monoisotopic (exact) mass is 825 g/mol. The summed E-state index contributed by atoms with van der Waals surface area (Å²) in [5.74, 6) is 0. The summed E-state index contributed by atoms with van der Waals surface area (Å²) in [5.41, 5.74) is 7.58. The van der Waals surface area contributed by atoms with Crippen molar-refractivity contribution in [1.29, 1.82) is 0 Å². The third kappa shape index (κ3) is 8.50. The van der Waals surface area contributed by atoms with Gasteiger partial charge in [-0.1, -0.05) is 206 Å². The quantitative estimate of drug-likeness (QED) is 0.109. The first-order valence-corrected chi connectivity index (χ1v) is 24.4. The Morgan fingerprint density at radius 1 is 0.361 bits per heavy atom. The SMILES string of the molecule is O=P(C/C=C/c1cc(/C=C/CP(=O)(c2ccccc2)c2ccccc2)cc(-c2ccc(/C=C\n3c4ccccc4c4ccccc43)cc2)c1)(c1ccccc1)c1ccccc1. The molecule has 0 radical (unpaired) electrons. The van der Waals surface area contributed by atoms with Crippen molar-refractivity contribution in [3.8, 4) is 11.1 Å². The summed E-state index contributed by atoms with van der Waals surface area (Å²) in [7, 11) is -5.87. The van der Waals surface area contributed by atoms with E-state index in [2.05, 4.69) is 132 Å². The largest absolute Gasteiger partial charge is 0.316 e. The number of fused-ring (bicyclic) bond motifs is 3. The molecule has 0 N–H and O–H groups in total. The maximum absolute atomic E-state index is 14.8. The summed E-state index contributed by atoms with van der Waals surface area (Å²) in [6, 6.07) is 71.4. The van der Waals surface area contributed by atoms with Gasteiger partial charge in [0.05, 0.1) is 11.0 Å². The number of nitrogens with zero attached hydrogens (tertiary/aromatic N) is 1. The lowest BCUT2D eigenvalue weighted by Gasteiger charge is -2.18. The molecule has 1 heterocycles. The average Bonchev–Trinajstić information content (AvgIpc) is 3.65. The number of aromatic nitrogens is 1. The first kappa shape index (κ1) is 39.7. The van der Waals surface area contributed by atoms with Crippen molar-refractivity contribution in [2.45, 2.75) is 0 Å². The smallest absolute Gasteiger partial charge is 0.146 e. The summed E-state index contributed by atoms with van der Waals surface area (Å²) in [6.45, 7) is 0. The molecular weight excluding hydrogens is 781 g/mol. The van der Waals surface area contributed by atoms with E-state index >= 15 is 0 Å². The molecule has 8 aromatic carbocycles. The molecule has 9 aromatic rings. The molecule has 5 heteroatoms. The molecule has 0 aliphatic heterocycles. The fraction of sp³-hybridized carbons (Fsp3) is 0.0357. The van der Waals surface area contributed by atoms with Gasteiger partial charge in [0.2, 0.25) is 0 Å². The van der Waals surface area contributed by atoms with Crippen LogP contribution >= 0.6 is 14.3 Å². The Kier molecular flexibility index (Phi) is 11.6. The lowest BCUT2D eigenvalue weighted by Crippen LogP contribution is -2.17. The molecule has 0 spiro atoms. The normalized spacial score (nSPS) is 12.3. The van der Waals surface area contributed by atoms with Gasteiger partial charge >= 0.3 is 0 Å². The van der Waals surface area contributed by atoms with Crippen molar-refractivity contribution in [1.82, 2.24) is 4.57 Å². The Morgan fingerprint density at radius 3 is 1.15 bits per heavy atom. The molecule has 0 aliphatic rings. The Hall–Kier alpha value is -6.76. The van der Waals surface area contributed by atoms with E-state index in [1.807, 2.05) is 121 Å². The predicted molar refractivity (Wildman–Crippen MR) is 264 cm³/mol. The minimum absolute atomic E-state index is 0.390. The van der Waals surface area contributed by atoms with Gasteiger partial charge in [-0.05, 0) is 64.2 Å². The zero-order valence-electron chi connectivity index (χ0n) is 33.7. The number of rotatable bonds is 13. The van der Waals surface area contributed by atoms with E-state index in [4.69, 9.17) is 0 Å². The molecule has 296 valence electrons. The lowest BCUT2D eigenvalue weighted by molar-refractivity contribution is 0.588. The highest BCUT2D eigenvalue weighted by Crippen LogP contribution is 2.44. The molecule has 9 rings (SSSR count). The van der Waals surface area contributed by atoms with Gasteiger partial charge < -0.3 is 13.7 Å². The van der Waals surface area contributed by atoms with Crippen molar-refractivity contribution < 1.29 is 9.13 Å². The molecule has 0 saturated heterocycles. The molecule has 3 nitrogen and oxygen atoms in total. The van der Waals surface area contributed by atoms with Crippen LogP contribution in [-0.2, 0) is 9.13 Å². The third-order valence-corrected chi connectivity index (χ3v) is 17.3. The molecule has 1 aromatic heterocycles. The average molecular weight is 826 g/mol. The lowest BCUT2D eigenvalue weighted by atomic mass is 9.98. The topological polar surface area (TPSA) is 39.1 Å². The van der Waals surface area contributed by atoms with Crippen LogP contribution in [0.1, 0.15) is 16.7 Å². The van der Waals surface area contributed by atoms with Crippen molar-refractivity contribution >= 4 is 81.7 Å². The molecular formula is C56H45NO2P2. The fourth-order valence-electron chi connectivity index (χ4n) is 8.17. The van der Waals surface area contributed by atoms with Gasteiger partial charge in [-0.3, -0.25) is 0 Å². The van der Waals surface area contributed by atoms with Gasteiger partial charge in [0.15, 0.2) is 0 Å². The molecule has 0 bridgehead atoms. The van der Waals surface area contributed by atoms with Crippen LogP contribution < -0.4 is 21.2 Å². The summed E-state index contributed by atoms with van der Waals surface area (Å²) in [4.78, 5) is 0. The minimum atomic E-state index is -2.94. The standard InChI is InChI=1S/C56H45NO2P2/c58-60(49-21-5-1-6-22-49,50-23-7-2-8-24-50)39-17-19-45-41-46(20-18-40-61(59,51-25-9-3-10-26-51)52-27-11-4-12-28-52)43-48(42-45)47-35-33-44(34-36-47)37-38-57-55-31-15-13-29-53(55)54-30-14-16-32-56(54)57/h1-38,41-43H,39-40H2/b19-17+,20-18+,38-37-. The van der Waals surface area contributed by atoms with Crippen molar-refractivity contribution in [3.63, 3.8) is 0 Å². The van der Waals surface area contributed by atoms with Crippen LogP contribution in [0.4, 0.5) is 0 Å². The van der Waals surface area contributed by atoms with E-state index in [1.54, 1.807) is 0 Å². The van der Waals surface area contributed by atoms with Gasteiger partial charge in [-0.2, -0.15) is 0 Å². The van der Waals surface area contributed by atoms with Gasteiger partial charge in [-0.25, -0.2) is 0 Å². The molecule has 0 saturated carbocycles. The van der Waals surface area contributed by atoms with Crippen molar-refractivity contribution in [3.05, 3.63) is 241 Å². The first-order valence-electron chi connectivity index (χ1n) is 20.6. The Morgan fingerprint density at radius 2 is 0.738 bits per heavy atom. The van der Waals surface area contributed by atoms with Gasteiger partial charge in [0.25, 0.3) is 0 Å². The highest BCUT2D eigenvalue weighted by Gasteiger charge is 2.26. The number of hydrogen-bond acceptors (Lipinski definition) is 2. The number of allylic oxidation sites excluding steroid dienone is 2. The van der Waals surface area contributed by atoms with Crippen molar-refractivity contribution in [2.24, 2.45) is 0 Å². The van der Waals surface area contributed by atoms with Crippen LogP contribution in [0.3, 0.4) is 0 Å². The fourth-order valence-corrected chi connectivity index (χ4v) is 13.0. The van der Waals surface area contributed by atoms with Gasteiger partial charge in [0.1, 0.15) is 14.3 Å². The predicted octanol–water partition coefficient (Wildman–Crippen LogP) is 13.1. The first-order chi connectivity index (χ1) is 30.0. The molecule has 0 amide bonds. The Bertz CT molecular complexity index is 2850. The zero-order chi connectivity index (χ0) is 41.5. The maximum atomic E-state index is 14.8. The second-order valence-corrected chi connectivity index (χ2v) is 21.0. The highest BCUT2D eigenvalue weighted by molar-refractivity contribution is 7.79. The molecule has 61 heavy (non-hydrogen) atoms. The van der Waals surface area contributed by atoms with E-state index in [0.29, 0.717) is 12.3 Å². The summed E-state index contributed by atoms with van der Waals surface area (Å²) >= 11 is 0. The zero-order valence-corrected chi connectivity index (χ0v) is 35.5. The van der Waals surface area contributed by atoms with Crippen LogP contribution in [0.15, 0.2) is 224 Å². The maximum Gasteiger partial charge on any atom is 0.146 e. The van der Waals surface area contributed by atoms with E-state index in [1.165, 1.54) is 21.8 Å². The van der Waals surface area contributed by atoms with Crippen LogP contribution in [0.2, 0.25) is 0 Å². The molecule has 0 unspecified atom stereocenters. The second kappa shape index (κ2) is 17.8.